The lowest BCUT2D eigenvalue weighted by Crippen LogP contribution is -2.14. The second-order valence-electron chi connectivity index (χ2n) is 3.14. The first kappa shape index (κ1) is 13.5. The molecule has 17 heavy (non-hydrogen) atoms. The van der Waals surface area contributed by atoms with Gasteiger partial charge in [0.1, 0.15) is 5.75 Å². The zero-order chi connectivity index (χ0) is 13.2. The molecule has 0 aromatic heterocycles. The van der Waals surface area contributed by atoms with Crippen LogP contribution in [0, 0.1) is 0 Å². The molecule has 0 heterocycles. The van der Waals surface area contributed by atoms with Gasteiger partial charge >= 0.3 is 6.61 Å². The fourth-order valence-corrected chi connectivity index (χ4v) is 1.70. The SMILES string of the molecule is CC(=O)c1cc(S(N)(=O)=O)ccc1OC(F)F. The normalized spacial score (nSPS) is 11.6. The minimum absolute atomic E-state index is 0.267. The van der Waals surface area contributed by atoms with Gasteiger partial charge in [-0.3, -0.25) is 4.79 Å². The van der Waals surface area contributed by atoms with Crippen molar-refractivity contribution in [1.82, 2.24) is 0 Å². The van der Waals surface area contributed by atoms with Crippen LogP contribution in [0.25, 0.3) is 0 Å². The van der Waals surface area contributed by atoms with Crippen molar-refractivity contribution in [3.05, 3.63) is 23.8 Å². The largest absolute Gasteiger partial charge is 0.434 e. The lowest BCUT2D eigenvalue weighted by Gasteiger charge is -2.09. The minimum atomic E-state index is -4.00. The molecule has 0 radical (unpaired) electrons. The quantitative estimate of drug-likeness (QED) is 0.827. The van der Waals surface area contributed by atoms with Crippen LogP contribution in [0.3, 0.4) is 0 Å². The van der Waals surface area contributed by atoms with Crippen LogP contribution in [-0.2, 0) is 10.0 Å². The van der Waals surface area contributed by atoms with Crippen LogP contribution in [0.15, 0.2) is 23.1 Å². The Morgan fingerprint density at radius 1 is 1.41 bits per heavy atom. The Morgan fingerprint density at radius 2 is 2.00 bits per heavy atom. The van der Waals surface area contributed by atoms with Crippen LogP contribution in [0.5, 0.6) is 5.75 Å². The number of carbonyl (C=O) groups excluding carboxylic acids is 1. The predicted octanol–water partition coefficient (Wildman–Crippen LogP) is 1.14. The van der Waals surface area contributed by atoms with Gasteiger partial charge in [-0.25, -0.2) is 13.6 Å². The fourth-order valence-electron chi connectivity index (χ4n) is 1.16. The van der Waals surface area contributed by atoms with E-state index in [4.69, 9.17) is 5.14 Å². The Balaban J connectivity index is 3.32. The van der Waals surface area contributed by atoms with E-state index in [1.165, 1.54) is 0 Å². The van der Waals surface area contributed by atoms with E-state index in [-0.39, 0.29) is 16.2 Å². The number of alkyl halides is 2. The number of hydrogen-bond acceptors (Lipinski definition) is 4. The van der Waals surface area contributed by atoms with Crippen LogP contribution in [-0.4, -0.2) is 20.8 Å². The van der Waals surface area contributed by atoms with Crippen molar-refractivity contribution >= 4 is 15.8 Å². The third-order valence-electron chi connectivity index (χ3n) is 1.87. The second kappa shape index (κ2) is 4.76. The molecule has 8 heteroatoms. The van der Waals surface area contributed by atoms with E-state index in [1.54, 1.807) is 0 Å². The van der Waals surface area contributed by atoms with Crippen molar-refractivity contribution in [2.75, 3.05) is 0 Å². The van der Waals surface area contributed by atoms with Crippen molar-refractivity contribution in [2.45, 2.75) is 18.4 Å². The number of ether oxygens (including phenoxy) is 1. The van der Waals surface area contributed by atoms with Crippen LogP contribution in [0.4, 0.5) is 8.78 Å². The Labute approximate surface area is 96.2 Å². The third kappa shape index (κ3) is 3.46. The smallest absolute Gasteiger partial charge is 0.387 e. The molecule has 1 aromatic rings. The zero-order valence-electron chi connectivity index (χ0n) is 8.68. The molecule has 0 fully saturated rings. The third-order valence-corrected chi connectivity index (χ3v) is 2.79. The highest BCUT2D eigenvalue weighted by Crippen LogP contribution is 2.24. The molecule has 5 nitrogen and oxygen atoms in total. The number of Topliss-reactive ketones (excluding diaryl/α,β-unsaturated/α-hetero) is 1. The lowest BCUT2D eigenvalue weighted by molar-refractivity contribution is -0.0501. The molecule has 0 aliphatic carbocycles. The molecular weight excluding hydrogens is 256 g/mol. The fraction of sp³-hybridized carbons (Fsp3) is 0.222. The molecule has 1 rings (SSSR count). The number of carbonyl (C=O) groups is 1. The molecule has 0 saturated carbocycles. The highest BCUT2D eigenvalue weighted by molar-refractivity contribution is 7.89. The summed E-state index contributed by atoms with van der Waals surface area (Å²) in [6.07, 6.45) is 0. The summed E-state index contributed by atoms with van der Waals surface area (Å²) in [5, 5.41) is 4.85. The highest BCUT2D eigenvalue weighted by atomic mass is 32.2. The maximum Gasteiger partial charge on any atom is 0.387 e. The van der Waals surface area contributed by atoms with Crippen molar-refractivity contribution in [1.29, 1.82) is 0 Å². The van der Waals surface area contributed by atoms with Crippen LogP contribution >= 0.6 is 0 Å². The van der Waals surface area contributed by atoms with E-state index >= 15 is 0 Å². The van der Waals surface area contributed by atoms with E-state index in [9.17, 15) is 22.0 Å². The highest BCUT2D eigenvalue weighted by Gasteiger charge is 2.17. The Bertz CT molecular complexity index is 542. The van der Waals surface area contributed by atoms with Gasteiger partial charge in [-0.1, -0.05) is 0 Å². The maximum absolute atomic E-state index is 12.0. The molecule has 0 atom stereocenters. The van der Waals surface area contributed by atoms with Gasteiger partial charge in [0.25, 0.3) is 0 Å². The molecule has 0 aliphatic rings. The first-order valence-corrected chi connectivity index (χ1v) is 5.89. The number of ketones is 1. The van der Waals surface area contributed by atoms with Crippen molar-refractivity contribution in [3.8, 4) is 5.75 Å². The summed E-state index contributed by atoms with van der Waals surface area (Å²) in [6.45, 7) is -2.01. The summed E-state index contributed by atoms with van der Waals surface area (Å²) >= 11 is 0. The molecule has 2 N–H and O–H groups in total. The first-order valence-electron chi connectivity index (χ1n) is 4.34. The molecular formula is C9H9F2NO4S. The van der Waals surface area contributed by atoms with Gasteiger partial charge in [0, 0.05) is 0 Å². The van der Waals surface area contributed by atoms with Gasteiger partial charge in [0.2, 0.25) is 10.0 Å². The first-order chi connectivity index (χ1) is 7.71. The average Bonchev–Trinajstić information content (AvgIpc) is 2.15. The number of primary sulfonamides is 1. The van der Waals surface area contributed by atoms with E-state index in [0.717, 1.165) is 25.1 Å². The average molecular weight is 265 g/mol. The predicted molar refractivity (Wildman–Crippen MR) is 54.5 cm³/mol. The topological polar surface area (TPSA) is 86.5 Å². The zero-order valence-corrected chi connectivity index (χ0v) is 9.50. The number of benzene rings is 1. The van der Waals surface area contributed by atoms with Crippen molar-refractivity contribution < 1.29 is 26.7 Å². The Hall–Kier alpha value is -1.54. The maximum atomic E-state index is 12.0. The number of nitrogens with two attached hydrogens (primary N) is 1. The van der Waals surface area contributed by atoms with E-state index < -0.39 is 22.4 Å². The van der Waals surface area contributed by atoms with E-state index in [1.807, 2.05) is 0 Å². The Kier molecular flexibility index (Phi) is 3.79. The summed E-state index contributed by atoms with van der Waals surface area (Å²) in [5.41, 5.74) is -0.267. The van der Waals surface area contributed by atoms with E-state index in [2.05, 4.69) is 4.74 Å². The molecule has 0 amide bonds. The van der Waals surface area contributed by atoms with Crippen LogP contribution < -0.4 is 9.88 Å². The molecule has 0 saturated heterocycles. The monoisotopic (exact) mass is 265 g/mol. The van der Waals surface area contributed by atoms with Gasteiger partial charge in [-0.15, -0.1) is 0 Å². The van der Waals surface area contributed by atoms with Crippen molar-refractivity contribution in [2.24, 2.45) is 5.14 Å². The standard InChI is InChI=1S/C9H9F2NO4S/c1-5(13)7-4-6(17(12,14)15)2-3-8(7)16-9(10)11/h2-4,9H,1H3,(H2,12,14,15). The molecule has 0 unspecified atom stereocenters. The molecule has 0 aliphatic heterocycles. The van der Waals surface area contributed by atoms with Gasteiger partial charge in [-0.05, 0) is 25.1 Å². The summed E-state index contributed by atoms with van der Waals surface area (Å²) in [6, 6.07) is 2.84. The van der Waals surface area contributed by atoms with Crippen LogP contribution in [0.2, 0.25) is 0 Å². The molecule has 0 bridgehead atoms. The van der Waals surface area contributed by atoms with Gasteiger partial charge in [0.05, 0.1) is 10.5 Å². The molecule has 0 spiro atoms. The summed E-state index contributed by atoms with van der Waals surface area (Å²) in [4.78, 5) is 10.8. The minimum Gasteiger partial charge on any atom is -0.434 e. The number of rotatable bonds is 4. The summed E-state index contributed by atoms with van der Waals surface area (Å²) in [5.74, 6) is -0.994. The molecule has 1 aromatic carbocycles. The second-order valence-corrected chi connectivity index (χ2v) is 4.70. The van der Waals surface area contributed by atoms with E-state index in [0.29, 0.717) is 0 Å². The number of sulfonamides is 1. The van der Waals surface area contributed by atoms with Crippen molar-refractivity contribution in [3.63, 3.8) is 0 Å². The lowest BCUT2D eigenvalue weighted by atomic mass is 10.1. The van der Waals surface area contributed by atoms with Crippen LogP contribution in [0.1, 0.15) is 17.3 Å². The van der Waals surface area contributed by atoms with Gasteiger partial charge in [0.15, 0.2) is 5.78 Å². The van der Waals surface area contributed by atoms with Gasteiger partial charge < -0.3 is 4.74 Å². The van der Waals surface area contributed by atoms with Gasteiger partial charge in [-0.2, -0.15) is 8.78 Å². The Morgan fingerprint density at radius 3 is 2.41 bits per heavy atom. The number of hydrogen-bond donors (Lipinski definition) is 1. The number of halogens is 2. The summed E-state index contributed by atoms with van der Waals surface area (Å²) in [7, 11) is -4.00. The molecule has 94 valence electrons. The summed E-state index contributed by atoms with van der Waals surface area (Å²) < 4.78 is 50.2.